The highest BCUT2D eigenvalue weighted by Crippen LogP contribution is 2.47. The highest BCUT2D eigenvalue weighted by atomic mass is 16.7. The van der Waals surface area contributed by atoms with E-state index in [4.69, 9.17) is 14.2 Å². The van der Waals surface area contributed by atoms with Gasteiger partial charge in [-0.3, -0.25) is 14.6 Å². The summed E-state index contributed by atoms with van der Waals surface area (Å²) in [5.41, 5.74) is 2.79. The summed E-state index contributed by atoms with van der Waals surface area (Å²) in [6.45, 7) is 9.24. The number of ether oxygens (including phenoxy) is 3. The van der Waals surface area contributed by atoms with Crippen LogP contribution in [0.4, 0.5) is 11.4 Å². The van der Waals surface area contributed by atoms with Gasteiger partial charge in [-0.15, -0.1) is 0 Å². The molecule has 5 rings (SSSR count). The Morgan fingerprint density at radius 1 is 0.938 bits per heavy atom. The standard InChI is InChI=1S/C25H31N3O4/c1-24(2)16-31-25(32-17-24)21-6-4-5-7-22(21)28(23(25)29)18-26-12-14-27(15-13-26)19-8-10-20(30-3)11-9-19/h4-11H,12-18H2,1-3H3. The summed E-state index contributed by atoms with van der Waals surface area (Å²) in [6, 6.07) is 16.0. The molecule has 0 aromatic heterocycles. The Morgan fingerprint density at radius 2 is 1.59 bits per heavy atom. The van der Waals surface area contributed by atoms with Crippen LogP contribution in [0.1, 0.15) is 19.4 Å². The van der Waals surface area contributed by atoms with Gasteiger partial charge in [-0.05, 0) is 30.3 Å². The molecule has 0 unspecified atom stereocenters. The third-order valence-corrected chi connectivity index (χ3v) is 6.56. The molecule has 2 fully saturated rings. The van der Waals surface area contributed by atoms with Crippen molar-refractivity contribution in [1.29, 1.82) is 0 Å². The monoisotopic (exact) mass is 437 g/mol. The lowest BCUT2D eigenvalue weighted by Gasteiger charge is -2.41. The second-order valence-corrected chi connectivity index (χ2v) is 9.55. The number of benzene rings is 2. The van der Waals surface area contributed by atoms with Gasteiger partial charge in [-0.1, -0.05) is 32.0 Å². The summed E-state index contributed by atoms with van der Waals surface area (Å²) in [4.78, 5) is 20.1. The van der Waals surface area contributed by atoms with Crippen LogP contribution in [0.5, 0.6) is 5.75 Å². The van der Waals surface area contributed by atoms with Crippen molar-refractivity contribution in [2.75, 3.05) is 63.0 Å². The highest BCUT2D eigenvalue weighted by Gasteiger charge is 2.57. The number of rotatable bonds is 4. The van der Waals surface area contributed by atoms with Crippen molar-refractivity contribution in [3.63, 3.8) is 0 Å². The van der Waals surface area contributed by atoms with Gasteiger partial charge in [0, 0.05) is 42.8 Å². The molecule has 32 heavy (non-hydrogen) atoms. The van der Waals surface area contributed by atoms with Crippen molar-refractivity contribution >= 4 is 17.3 Å². The number of amides is 1. The number of hydrogen-bond acceptors (Lipinski definition) is 6. The van der Waals surface area contributed by atoms with E-state index in [9.17, 15) is 4.79 Å². The van der Waals surface area contributed by atoms with Gasteiger partial charge in [-0.2, -0.15) is 0 Å². The third kappa shape index (κ3) is 3.64. The lowest BCUT2D eigenvalue weighted by atomic mass is 9.93. The van der Waals surface area contributed by atoms with Crippen LogP contribution in [-0.4, -0.2) is 64.0 Å². The fourth-order valence-electron chi connectivity index (χ4n) is 4.63. The maximum Gasteiger partial charge on any atom is 0.293 e. The van der Waals surface area contributed by atoms with Crippen molar-refractivity contribution in [2.45, 2.75) is 19.6 Å². The maximum absolute atomic E-state index is 13.6. The van der Waals surface area contributed by atoms with Gasteiger partial charge < -0.3 is 19.1 Å². The van der Waals surface area contributed by atoms with E-state index in [-0.39, 0.29) is 11.3 Å². The van der Waals surface area contributed by atoms with Gasteiger partial charge in [0.15, 0.2) is 0 Å². The smallest absolute Gasteiger partial charge is 0.293 e. The summed E-state index contributed by atoms with van der Waals surface area (Å²) in [5, 5.41) is 0. The van der Waals surface area contributed by atoms with Gasteiger partial charge in [0.05, 0.1) is 32.7 Å². The van der Waals surface area contributed by atoms with Crippen LogP contribution < -0.4 is 14.5 Å². The molecule has 7 heteroatoms. The number of anilines is 2. The van der Waals surface area contributed by atoms with Crippen LogP contribution in [0.3, 0.4) is 0 Å². The molecule has 0 radical (unpaired) electrons. The molecular formula is C25H31N3O4. The van der Waals surface area contributed by atoms with Crippen LogP contribution in [0.15, 0.2) is 48.5 Å². The first-order chi connectivity index (χ1) is 15.4. The van der Waals surface area contributed by atoms with Crippen LogP contribution in [0, 0.1) is 5.41 Å². The van der Waals surface area contributed by atoms with Crippen molar-refractivity contribution in [1.82, 2.24) is 4.90 Å². The van der Waals surface area contributed by atoms with E-state index in [1.165, 1.54) is 5.69 Å². The topological polar surface area (TPSA) is 54.5 Å². The highest BCUT2D eigenvalue weighted by molar-refractivity contribution is 6.06. The Bertz CT molecular complexity index is 973. The Labute approximate surface area is 189 Å². The molecule has 0 N–H and O–H groups in total. The molecule has 0 bridgehead atoms. The quantitative estimate of drug-likeness (QED) is 0.733. The molecule has 3 aliphatic heterocycles. The zero-order valence-electron chi connectivity index (χ0n) is 19.0. The van der Waals surface area contributed by atoms with Crippen molar-refractivity contribution in [3.8, 4) is 5.75 Å². The lowest BCUT2D eigenvalue weighted by molar-refractivity contribution is -0.286. The molecule has 170 valence electrons. The second-order valence-electron chi connectivity index (χ2n) is 9.55. The lowest BCUT2D eigenvalue weighted by Crippen LogP contribution is -2.55. The molecule has 3 aliphatic rings. The minimum atomic E-state index is -1.31. The van der Waals surface area contributed by atoms with Crippen molar-refractivity contribution in [2.24, 2.45) is 5.41 Å². The van der Waals surface area contributed by atoms with Crippen LogP contribution >= 0.6 is 0 Å². The minimum absolute atomic E-state index is 0.105. The number of para-hydroxylation sites is 1. The summed E-state index contributed by atoms with van der Waals surface area (Å²) in [7, 11) is 1.68. The molecule has 0 saturated carbocycles. The fraction of sp³-hybridized carbons (Fsp3) is 0.480. The number of nitrogens with zero attached hydrogens (tertiary/aromatic N) is 3. The van der Waals surface area contributed by atoms with E-state index >= 15 is 0 Å². The zero-order chi connectivity index (χ0) is 22.3. The van der Waals surface area contributed by atoms with Gasteiger partial charge in [0.2, 0.25) is 0 Å². The average molecular weight is 438 g/mol. The Morgan fingerprint density at radius 3 is 2.25 bits per heavy atom. The first kappa shape index (κ1) is 21.2. The van der Waals surface area contributed by atoms with Crippen molar-refractivity contribution < 1.29 is 19.0 Å². The summed E-state index contributed by atoms with van der Waals surface area (Å²) >= 11 is 0. The van der Waals surface area contributed by atoms with Gasteiger partial charge in [-0.25, -0.2) is 0 Å². The van der Waals surface area contributed by atoms with E-state index in [0.717, 1.165) is 43.2 Å². The van der Waals surface area contributed by atoms with Crippen LogP contribution in [-0.2, 0) is 20.1 Å². The number of methoxy groups -OCH3 is 1. The predicted octanol–water partition coefficient (Wildman–Crippen LogP) is 3.05. The minimum Gasteiger partial charge on any atom is -0.497 e. The number of carbonyl (C=O) groups is 1. The number of carbonyl (C=O) groups excluding carboxylic acids is 1. The summed E-state index contributed by atoms with van der Waals surface area (Å²) < 4.78 is 17.5. The SMILES string of the molecule is COc1ccc(N2CCN(CN3C(=O)C4(OCC(C)(C)CO4)c4ccccc43)CC2)cc1. The first-order valence-electron chi connectivity index (χ1n) is 11.2. The molecule has 3 heterocycles. The van der Waals surface area contributed by atoms with Gasteiger partial charge in [0.1, 0.15) is 5.75 Å². The summed E-state index contributed by atoms with van der Waals surface area (Å²) in [6.07, 6.45) is 0. The molecular weight excluding hydrogens is 406 g/mol. The molecule has 2 saturated heterocycles. The largest absolute Gasteiger partial charge is 0.497 e. The zero-order valence-corrected chi connectivity index (χ0v) is 19.0. The molecule has 2 aromatic rings. The Hall–Kier alpha value is -2.61. The van der Waals surface area contributed by atoms with E-state index in [2.05, 4.69) is 35.8 Å². The predicted molar refractivity (Wildman–Crippen MR) is 123 cm³/mol. The molecule has 0 aliphatic carbocycles. The van der Waals surface area contributed by atoms with Gasteiger partial charge in [0.25, 0.3) is 11.7 Å². The number of hydrogen-bond donors (Lipinski definition) is 0. The Kier molecular flexibility index (Phi) is 5.35. The number of piperazine rings is 1. The van der Waals surface area contributed by atoms with E-state index in [1.54, 1.807) is 7.11 Å². The maximum atomic E-state index is 13.6. The summed E-state index contributed by atoms with van der Waals surface area (Å²) in [5.74, 6) is -0.563. The normalized spacial score (nSPS) is 22.3. The van der Waals surface area contributed by atoms with Crippen LogP contribution in [0.2, 0.25) is 0 Å². The third-order valence-electron chi connectivity index (χ3n) is 6.56. The molecule has 1 amide bonds. The second kappa shape index (κ2) is 8.06. The van der Waals surface area contributed by atoms with E-state index in [1.807, 2.05) is 41.3 Å². The average Bonchev–Trinajstić information content (AvgIpc) is 3.04. The van der Waals surface area contributed by atoms with Gasteiger partial charge >= 0.3 is 0 Å². The fourth-order valence-corrected chi connectivity index (χ4v) is 4.63. The Balaban J connectivity index is 1.28. The van der Waals surface area contributed by atoms with Crippen LogP contribution in [0.25, 0.3) is 0 Å². The van der Waals surface area contributed by atoms with Crippen molar-refractivity contribution in [3.05, 3.63) is 54.1 Å². The molecule has 0 atom stereocenters. The van der Waals surface area contributed by atoms with E-state index < -0.39 is 5.79 Å². The molecule has 7 nitrogen and oxygen atoms in total. The van der Waals surface area contributed by atoms with E-state index in [0.29, 0.717) is 19.9 Å². The molecule has 2 aromatic carbocycles. The molecule has 1 spiro atoms. The first-order valence-corrected chi connectivity index (χ1v) is 11.2. The number of fused-ring (bicyclic) bond motifs is 2.